The maximum Gasteiger partial charge on any atom is 0.0244 e. The number of nitrogens with one attached hydrogen (secondary N) is 1. The molecule has 1 aromatic rings. The summed E-state index contributed by atoms with van der Waals surface area (Å²) in [5.41, 5.74) is 0. The van der Waals surface area contributed by atoms with E-state index in [0.29, 0.717) is 6.04 Å². The van der Waals surface area contributed by atoms with Gasteiger partial charge in [-0.2, -0.15) is 0 Å². The smallest absolute Gasteiger partial charge is 0.0244 e. The Morgan fingerprint density at radius 1 is 1.33 bits per heavy atom. The Bertz CT molecular complexity index is 340. The topological polar surface area (TPSA) is 15.3 Å². The first-order chi connectivity index (χ1) is 8.77. The highest BCUT2D eigenvalue weighted by Gasteiger charge is 2.24. The normalized spacial score (nSPS) is 21.4. The summed E-state index contributed by atoms with van der Waals surface area (Å²) >= 11 is 1.97. The fourth-order valence-corrected chi connectivity index (χ4v) is 3.41. The third-order valence-corrected chi connectivity index (χ3v) is 4.55. The summed E-state index contributed by atoms with van der Waals surface area (Å²) in [5, 5.41) is 3.51. The van der Waals surface area contributed by atoms with Crippen LogP contribution in [0.1, 0.15) is 13.8 Å². The molecule has 0 aromatic heterocycles. The van der Waals surface area contributed by atoms with Crippen LogP contribution in [-0.2, 0) is 0 Å². The zero-order chi connectivity index (χ0) is 12.8. The van der Waals surface area contributed by atoms with E-state index in [1.54, 1.807) is 0 Å². The van der Waals surface area contributed by atoms with Gasteiger partial charge in [-0.25, -0.2) is 0 Å². The Balaban J connectivity index is 1.78. The molecule has 0 saturated carbocycles. The molecule has 0 amide bonds. The van der Waals surface area contributed by atoms with Crippen molar-refractivity contribution in [3.05, 3.63) is 30.3 Å². The highest BCUT2D eigenvalue weighted by Crippen LogP contribution is 2.19. The minimum Gasteiger partial charge on any atom is -0.314 e. The van der Waals surface area contributed by atoms with Gasteiger partial charge in [0.05, 0.1) is 0 Å². The fourth-order valence-electron chi connectivity index (χ4n) is 2.50. The quantitative estimate of drug-likeness (QED) is 0.823. The second-order valence-corrected chi connectivity index (χ2v) is 6.38. The molecule has 2 nitrogen and oxygen atoms in total. The van der Waals surface area contributed by atoms with Gasteiger partial charge in [0.15, 0.2) is 0 Å². The number of nitrogens with zero attached hydrogens (tertiary/aromatic N) is 1. The average Bonchev–Trinajstić information content (AvgIpc) is 2.40. The van der Waals surface area contributed by atoms with Crippen molar-refractivity contribution in [1.82, 2.24) is 10.2 Å². The van der Waals surface area contributed by atoms with Crippen molar-refractivity contribution in [2.75, 3.05) is 31.9 Å². The Kier molecular flexibility index (Phi) is 5.54. The number of hydrogen-bond acceptors (Lipinski definition) is 3. The van der Waals surface area contributed by atoms with Crippen LogP contribution in [0.25, 0.3) is 0 Å². The van der Waals surface area contributed by atoms with Crippen LogP contribution in [0.4, 0.5) is 0 Å². The molecule has 1 saturated heterocycles. The predicted molar refractivity (Wildman–Crippen MR) is 80.2 cm³/mol. The lowest BCUT2D eigenvalue weighted by Gasteiger charge is -2.38. The van der Waals surface area contributed by atoms with Gasteiger partial charge in [-0.15, -0.1) is 11.8 Å². The summed E-state index contributed by atoms with van der Waals surface area (Å²) in [6, 6.07) is 11.4. The molecule has 1 aliphatic rings. The highest BCUT2D eigenvalue weighted by atomic mass is 32.2. The van der Waals surface area contributed by atoms with Crippen molar-refractivity contribution in [3.63, 3.8) is 0 Å². The van der Waals surface area contributed by atoms with Crippen molar-refractivity contribution in [1.29, 1.82) is 0 Å². The molecule has 1 fully saturated rings. The molecule has 1 N–H and O–H groups in total. The van der Waals surface area contributed by atoms with Crippen LogP contribution >= 0.6 is 11.8 Å². The highest BCUT2D eigenvalue weighted by molar-refractivity contribution is 7.99. The Labute approximate surface area is 115 Å². The van der Waals surface area contributed by atoms with Crippen LogP contribution in [0.15, 0.2) is 35.2 Å². The molecular formula is C15H24N2S. The summed E-state index contributed by atoms with van der Waals surface area (Å²) in [5.74, 6) is 1.92. The Morgan fingerprint density at radius 3 is 2.83 bits per heavy atom. The lowest BCUT2D eigenvalue weighted by molar-refractivity contribution is 0.133. The summed E-state index contributed by atoms with van der Waals surface area (Å²) in [7, 11) is 0. The summed E-state index contributed by atoms with van der Waals surface area (Å²) in [6.07, 6.45) is 0. The van der Waals surface area contributed by atoms with Gasteiger partial charge in [0.2, 0.25) is 0 Å². The van der Waals surface area contributed by atoms with E-state index in [0.717, 1.165) is 19.0 Å². The standard InChI is InChI=1S/C15H24N2S/c1-13(2)15-12-16-8-9-17(15)10-11-18-14-6-4-3-5-7-14/h3-7,13,15-16H,8-12H2,1-2H3. The third kappa shape index (κ3) is 4.01. The van der Waals surface area contributed by atoms with Gasteiger partial charge in [0, 0.05) is 42.9 Å². The lowest BCUT2D eigenvalue weighted by atomic mass is 10.0. The van der Waals surface area contributed by atoms with Gasteiger partial charge < -0.3 is 5.32 Å². The Hall–Kier alpha value is -0.510. The molecule has 3 heteroatoms. The molecule has 0 spiro atoms. The molecule has 100 valence electrons. The van der Waals surface area contributed by atoms with E-state index in [1.165, 1.54) is 23.7 Å². The first-order valence-corrected chi connectivity index (χ1v) is 7.88. The number of hydrogen-bond donors (Lipinski definition) is 1. The monoisotopic (exact) mass is 264 g/mol. The molecule has 1 aliphatic heterocycles. The zero-order valence-corrected chi connectivity index (χ0v) is 12.2. The first kappa shape index (κ1) is 13.9. The zero-order valence-electron chi connectivity index (χ0n) is 11.4. The van der Waals surface area contributed by atoms with E-state index in [-0.39, 0.29) is 0 Å². The van der Waals surface area contributed by atoms with Gasteiger partial charge >= 0.3 is 0 Å². The molecule has 0 bridgehead atoms. The van der Waals surface area contributed by atoms with Crippen LogP contribution in [0.3, 0.4) is 0 Å². The minimum atomic E-state index is 0.704. The second-order valence-electron chi connectivity index (χ2n) is 5.21. The molecule has 0 aliphatic carbocycles. The number of thioether (sulfide) groups is 1. The molecule has 1 atom stereocenters. The molecule has 18 heavy (non-hydrogen) atoms. The SMILES string of the molecule is CC(C)C1CNCCN1CCSc1ccccc1. The van der Waals surface area contributed by atoms with E-state index in [2.05, 4.69) is 54.4 Å². The van der Waals surface area contributed by atoms with Crippen molar-refractivity contribution in [2.45, 2.75) is 24.8 Å². The van der Waals surface area contributed by atoms with Gasteiger partial charge in [0.25, 0.3) is 0 Å². The van der Waals surface area contributed by atoms with Crippen LogP contribution in [0, 0.1) is 5.92 Å². The Morgan fingerprint density at radius 2 is 2.11 bits per heavy atom. The van der Waals surface area contributed by atoms with Crippen LogP contribution < -0.4 is 5.32 Å². The molecular weight excluding hydrogens is 240 g/mol. The van der Waals surface area contributed by atoms with Crippen molar-refractivity contribution in [2.24, 2.45) is 5.92 Å². The van der Waals surface area contributed by atoms with E-state index in [9.17, 15) is 0 Å². The van der Waals surface area contributed by atoms with Crippen molar-refractivity contribution in [3.8, 4) is 0 Å². The molecule has 1 heterocycles. The largest absolute Gasteiger partial charge is 0.314 e. The molecule has 0 radical (unpaired) electrons. The van der Waals surface area contributed by atoms with Crippen LogP contribution in [-0.4, -0.2) is 42.9 Å². The number of piperazine rings is 1. The minimum absolute atomic E-state index is 0.704. The van der Waals surface area contributed by atoms with E-state index in [4.69, 9.17) is 0 Å². The van der Waals surface area contributed by atoms with Gasteiger partial charge in [-0.05, 0) is 18.1 Å². The number of benzene rings is 1. The van der Waals surface area contributed by atoms with Gasteiger partial charge in [-0.1, -0.05) is 32.0 Å². The first-order valence-electron chi connectivity index (χ1n) is 6.90. The van der Waals surface area contributed by atoms with E-state index < -0.39 is 0 Å². The van der Waals surface area contributed by atoms with Gasteiger partial charge in [0.1, 0.15) is 0 Å². The second kappa shape index (κ2) is 7.17. The van der Waals surface area contributed by atoms with Crippen LogP contribution in [0.5, 0.6) is 0 Å². The maximum absolute atomic E-state index is 3.51. The maximum atomic E-state index is 3.51. The third-order valence-electron chi connectivity index (χ3n) is 3.56. The van der Waals surface area contributed by atoms with E-state index in [1.807, 2.05) is 11.8 Å². The molecule has 2 rings (SSSR count). The predicted octanol–water partition coefficient (Wildman–Crippen LogP) is 2.71. The van der Waals surface area contributed by atoms with Crippen LogP contribution in [0.2, 0.25) is 0 Å². The van der Waals surface area contributed by atoms with Crippen molar-refractivity contribution >= 4 is 11.8 Å². The van der Waals surface area contributed by atoms with Gasteiger partial charge in [-0.3, -0.25) is 4.90 Å². The molecule has 1 unspecified atom stereocenters. The average molecular weight is 264 g/mol. The summed E-state index contributed by atoms with van der Waals surface area (Å²) < 4.78 is 0. The summed E-state index contributed by atoms with van der Waals surface area (Å²) in [6.45, 7) is 9.33. The summed E-state index contributed by atoms with van der Waals surface area (Å²) in [4.78, 5) is 4.03. The number of rotatable bonds is 5. The van der Waals surface area contributed by atoms with E-state index >= 15 is 0 Å². The fraction of sp³-hybridized carbons (Fsp3) is 0.600. The molecule has 1 aromatic carbocycles. The van der Waals surface area contributed by atoms with Crippen molar-refractivity contribution < 1.29 is 0 Å². The lowest BCUT2D eigenvalue weighted by Crippen LogP contribution is -2.54.